The first-order chi connectivity index (χ1) is 10.7. The van der Waals surface area contributed by atoms with E-state index >= 15 is 0 Å². The summed E-state index contributed by atoms with van der Waals surface area (Å²) in [4.78, 5) is 12.6. The lowest BCUT2D eigenvalue weighted by molar-refractivity contribution is 0.0910. The first-order valence-electron chi connectivity index (χ1n) is 7.61. The van der Waals surface area contributed by atoms with Gasteiger partial charge in [-0.25, -0.2) is 0 Å². The maximum atomic E-state index is 12.6. The van der Waals surface area contributed by atoms with Gasteiger partial charge in [-0.1, -0.05) is 42.5 Å². The van der Waals surface area contributed by atoms with Gasteiger partial charge in [-0.15, -0.1) is 0 Å². The van der Waals surface area contributed by atoms with E-state index in [-0.39, 0.29) is 11.9 Å². The third-order valence-corrected chi connectivity index (χ3v) is 4.49. The predicted molar refractivity (Wildman–Crippen MR) is 85.9 cm³/mol. The highest BCUT2D eigenvalue weighted by molar-refractivity contribution is 5.99. The highest BCUT2D eigenvalue weighted by Gasteiger charge is 2.26. The van der Waals surface area contributed by atoms with Crippen LogP contribution in [-0.4, -0.2) is 5.91 Å². The Morgan fingerprint density at radius 2 is 1.91 bits per heavy atom. The second kappa shape index (κ2) is 5.02. The quantitative estimate of drug-likeness (QED) is 0.770. The lowest BCUT2D eigenvalue weighted by Crippen LogP contribution is -2.27. The number of nitrogens with one attached hydrogen (secondary N) is 1. The topological polar surface area (TPSA) is 42.2 Å². The Hall–Kier alpha value is -2.55. The summed E-state index contributed by atoms with van der Waals surface area (Å²) in [5.74, 6) is 0.293. The van der Waals surface area contributed by atoms with Gasteiger partial charge < -0.3 is 9.73 Å². The highest BCUT2D eigenvalue weighted by Crippen LogP contribution is 2.32. The van der Waals surface area contributed by atoms with E-state index in [1.165, 1.54) is 11.1 Å². The number of hydrogen-bond donors (Lipinski definition) is 1. The number of hydrogen-bond acceptors (Lipinski definition) is 2. The number of aryl methyl sites for hydroxylation is 2. The molecule has 4 rings (SSSR count). The van der Waals surface area contributed by atoms with E-state index in [0.29, 0.717) is 5.76 Å². The molecule has 1 unspecified atom stereocenters. The van der Waals surface area contributed by atoms with Crippen LogP contribution in [-0.2, 0) is 6.42 Å². The molecule has 110 valence electrons. The fourth-order valence-electron chi connectivity index (χ4n) is 3.32. The molecule has 3 heteroatoms. The molecule has 1 heterocycles. The molecule has 3 nitrogen and oxygen atoms in total. The van der Waals surface area contributed by atoms with Crippen LogP contribution < -0.4 is 5.32 Å². The van der Waals surface area contributed by atoms with Gasteiger partial charge >= 0.3 is 0 Å². The number of para-hydroxylation sites is 1. The number of benzene rings is 2. The molecule has 0 aliphatic heterocycles. The molecule has 1 N–H and O–H groups in total. The summed E-state index contributed by atoms with van der Waals surface area (Å²) in [5.41, 5.74) is 4.22. The number of rotatable bonds is 2. The van der Waals surface area contributed by atoms with Crippen molar-refractivity contribution in [3.05, 3.63) is 71.0 Å². The standard InChI is InChI=1S/C19H17NO2/c1-12-14-7-4-5-9-17(14)22-18(12)19(21)20-16-11-10-13-6-2-3-8-15(13)16/h2-9,16H,10-11H2,1H3,(H,20,21). The summed E-state index contributed by atoms with van der Waals surface area (Å²) in [6.45, 7) is 1.93. The minimum atomic E-state index is -0.129. The van der Waals surface area contributed by atoms with Crippen molar-refractivity contribution < 1.29 is 9.21 Å². The van der Waals surface area contributed by atoms with Crippen molar-refractivity contribution in [3.8, 4) is 0 Å². The SMILES string of the molecule is Cc1c(C(=O)NC2CCc3ccccc32)oc2ccccc12. The van der Waals surface area contributed by atoms with Crippen molar-refractivity contribution in [3.63, 3.8) is 0 Å². The van der Waals surface area contributed by atoms with E-state index in [4.69, 9.17) is 4.42 Å². The van der Waals surface area contributed by atoms with Crippen molar-refractivity contribution in [1.29, 1.82) is 0 Å². The first kappa shape index (κ1) is 13.1. The van der Waals surface area contributed by atoms with Gasteiger partial charge in [0, 0.05) is 10.9 Å². The monoisotopic (exact) mass is 291 g/mol. The van der Waals surface area contributed by atoms with E-state index < -0.39 is 0 Å². The first-order valence-corrected chi connectivity index (χ1v) is 7.61. The van der Waals surface area contributed by atoms with Crippen LogP contribution in [0.4, 0.5) is 0 Å². The van der Waals surface area contributed by atoms with Crippen molar-refractivity contribution in [1.82, 2.24) is 5.32 Å². The van der Waals surface area contributed by atoms with Crippen LogP contribution in [0.5, 0.6) is 0 Å². The van der Waals surface area contributed by atoms with Crippen LogP contribution in [0, 0.1) is 6.92 Å². The molecule has 0 bridgehead atoms. The fraction of sp³-hybridized carbons (Fsp3) is 0.211. The van der Waals surface area contributed by atoms with E-state index in [2.05, 4.69) is 17.4 Å². The van der Waals surface area contributed by atoms with Gasteiger partial charge in [-0.3, -0.25) is 4.79 Å². The van der Waals surface area contributed by atoms with Gasteiger partial charge in [0.2, 0.25) is 0 Å². The van der Waals surface area contributed by atoms with Crippen LogP contribution in [0.2, 0.25) is 0 Å². The zero-order valence-electron chi connectivity index (χ0n) is 12.4. The van der Waals surface area contributed by atoms with Crippen molar-refractivity contribution in [2.24, 2.45) is 0 Å². The summed E-state index contributed by atoms with van der Waals surface area (Å²) < 4.78 is 5.75. The Bertz CT molecular complexity index is 863. The maximum absolute atomic E-state index is 12.6. The summed E-state index contributed by atoms with van der Waals surface area (Å²) in [6, 6.07) is 16.1. The average molecular weight is 291 g/mol. The number of amides is 1. The lowest BCUT2D eigenvalue weighted by atomic mass is 10.1. The minimum Gasteiger partial charge on any atom is -0.451 e. The summed E-state index contributed by atoms with van der Waals surface area (Å²) in [5, 5.41) is 4.12. The molecule has 0 spiro atoms. The molecule has 1 aromatic heterocycles. The van der Waals surface area contributed by atoms with Gasteiger partial charge in [-0.05, 0) is 37.0 Å². The third kappa shape index (κ3) is 2.01. The van der Waals surface area contributed by atoms with Crippen LogP contribution in [0.1, 0.15) is 39.7 Å². The third-order valence-electron chi connectivity index (χ3n) is 4.49. The molecule has 2 aromatic carbocycles. The Balaban J connectivity index is 1.64. The van der Waals surface area contributed by atoms with Crippen LogP contribution in [0.25, 0.3) is 11.0 Å². The number of carbonyl (C=O) groups is 1. The molecule has 0 fully saturated rings. The van der Waals surface area contributed by atoms with Crippen molar-refractivity contribution in [2.45, 2.75) is 25.8 Å². The van der Waals surface area contributed by atoms with E-state index in [9.17, 15) is 4.79 Å². The molecule has 1 atom stereocenters. The fourth-order valence-corrected chi connectivity index (χ4v) is 3.32. The van der Waals surface area contributed by atoms with E-state index in [0.717, 1.165) is 29.4 Å². The Labute approximate surface area is 128 Å². The smallest absolute Gasteiger partial charge is 0.287 e. The van der Waals surface area contributed by atoms with Crippen LogP contribution in [0.3, 0.4) is 0 Å². The molecule has 0 saturated heterocycles. The maximum Gasteiger partial charge on any atom is 0.287 e. The second-order valence-electron chi connectivity index (χ2n) is 5.82. The molecule has 1 amide bonds. The molecular weight excluding hydrogens is 274 g/mol. The summed E-state index contributed by atoms with van der Waals surface area (Å²) in [6.07, 6.45) is 1.96. The second-order valence-corrected chi connectivity index (χ2v) is 5.82. The Kier molecular flexibility index (Phi) is 3.00. The molecule has 1 aliphatic carbocycles. The average Bonchev–Trinajstić information content (AvgIpc) is 3.10. The molecular formula is C19H17NO2. The number of carbonyl (C=O) groups excluding carboxylic acids is 1. The highest BCUT2D eigenvalue weighted by atomic mass is 16.3. The van der Waals surface area contributed by atoms with E-state index in [1.54, 1.807) is 0 Å². The Morgan fingerprint density at radius 1 is 1.14 bits per heavy atom. The molecule has 0 saturated carbocycles. The van der Waals surface area contributed by atoms with Gasteiger partial charge in [0.15, 0.2) is 5.76 Å². The normalized spacial score (nSPS) is 16.7. The lowest BCUT2D eigenvalue weighted by Gasteiger charge is -2.13. The number of fused-ring (bicyclic) bond motifs is 2. The van der Waals surface area contributed by atoms with Crippen LogP contribution >= 0.6 is 0 Å². The number of furan rings is 1. The Morgan fingerprint density at radius 3 is 2.77 bits per heavy atom. The van der Waals surface area contributed by atoms with Crippen molar-refractivity contribution in [2.75, 3.05) is 0 Å². The van der Waals surface area contributed by atoms with Gasteiger partial charge in [0.1, 0.15) is 5.58 Å². The predicted octanol–water partition coefficient (Wildman–Crippen LogP) is 4.16. The van der Waals surface area contributed by atoms with Gasteiger partial charge in [0.05, 0.1) is 6.04 Å². The van der Waals surface area contributed by atoms with Gasteiger partial charge in [-0.2, -0.15) is 0 Å². The van der Waals surface area contributed by atoms with Crippen LogP contribution in [0.15, 0.2) is 52.9 Å². The molecule has 0 radical (unpaired) electrons. The molecule has 22 heavy (non-hydrogen) atoms. The summed E-state index contributed by atoms with van der Waals surface area (Å²) >= 11 is 0. The molecule has 1 aliphatic rings. The van der Waals surface area contributed by atoms with Crippen molar-refractivity contribution >= 4 is 16.9 Å². The minimum absolute atomic E-state index is 0.0799. The van der Waals surface area contributed by atoms with Gasteiger partial charge in [0.25, 0.3) is 5.91 Å². The largest absolute Gasteiger partial charge is 0.451 e. The van der Waals surface area contributed by atoms with E-state index in [1.807, 2.05) is 43.3 Å². The zero-order chi connectivity index (χ0) is 15.1. The zero-order valence-corrected chi connectivity index (χ0v) is 12.4. The molecule has 3 aromatic rings. The summed E-state index contributed by atoms with van der Waals surface area (Å²) in [7, 11) is 0.